The number of aromatic nitrogens is 1. The lowest BCUT2D eigenvalue weighted by Gasteiger charge is -2.22. The van der Waals surface area contributed by atoms with Gasteiger partial charge in [0.1, 0.15) is 0 Å². The summed E-state index contributed by atoms with van der Waals surface area (Å²) < 4.78 is 0. The average molecular weight is 329 g/mol. The minimum absolute atomic E-state index is 0.140. The number of hydrogen-bond acceptors (Lipinski definition) is 5. The fourth-order valence-corrected chi connectivity index (χ4v) is 2.96. The highest BCUT2D eigenvalue weighted by Crippen LogP contribution is 2.16. The third kappa shape index (κ3) is 3.69. The van der Waals surface area contributed by atoms with Crippen LogP contribution in [0.4, 0.5) is 0 Å². The van der Waals surface area contributed by atoms with Gasteiger partial charge in [-0.05, 0) is 18.2 Å². The van der Waals surface area contributed by atoms with Crippen LogP contribution in [0.25, 0.3) is 10.9 Å². The van der Waals surface area contributed by atoms with E-state index in [4.69, 9.17) is 5.11 Å². The second-order valence-electron chi connectivity index (χ2n) is 5.94. The molecule has 1 atom stereocenters. The van der Waals surface area contributed by atoms with Crippen LogP contribution < -0.4 is 0 Å². The molecule has 7 heteroatoms. The first-order chi connectivity index (χ1) is 11.5. The van der Waals surface area contributed by atoms with Gasteiger partial charge in [0.2, 0.25) is 0 Å². The summed E-state index contributed by atoms with van der Waals surface area (Å²) in [7, 11) is 0. The Morgan fingerprint density at radius 3 is 2.83 bits per heavy atom. The molecule has 7 nitrogen and oxygen atoms in total. The standard InChI is InChI=1S/C17H19N3O4/c21-14-9-19(11-16(22)23)6-7-20(10-14)17(24)13-4-3-12-2-1-5-18-15(12)8-13/h1-5,8,14,21H,6-7,9-11H2,(H,22,23)/t14-/m1/s1. The second-order valence-corrected chi connectivity index (χ2v) is 5.94. The maximum atomic E-state index is 12.7. The zero-order valence-corrected chi connectivity index (χ0v) is 13.1. The van der Waals surface area contributed by atoms with Gasteiger partial charge in [0, 0.05) is 43.3 Å². The topological polar surface area (TPSA) is 94.0 Å². The first-order valence-electron chi connectivity index (χ1n) is 7.79. The molecule has 1 aliphatic rings. The largest absolute Gasteiger partial charge is 0.480 e. The van der Waals surface area contributed by atoms with Crippen molar-refractivity contribution in [2.45, 2.75) is 6.10 Å². The molecule has 0 saturated carbocycles. The third-order valence-corrected chi connectivity index (χ3v) is 4.09. The van der Waals surface area contributed by atoms with E-state index >= 15 is 0 Å². The number of aliphatic hydroxyl groups is 1. The minimum atomic E-state index is -0.942. The van der Waals surface area contributed by atoms with Gasteiger partial charge in [0.05, 0.1) is 18.2 Å². The summed E-state index contributed by atoms with van der Waals surface area (Å²) in [5.41, 5.74) is 1.26. The quantitative estimate of drug-likeness (QED) is 0.848. The summed E-state index contributed by atoms with van der Waals surface area (Å²) in [4.78, 5) is 31.0. The highest BCUT2D eigenvalue weighted by Gasteiger charge is 2.26. The average Bonchev–Trinajstić information content (AvgIpc) is 2.74. The summed E-state index contributed by atoms with van der Waals surface area (Å²) in [6, 6.07) is 9.10. The summed E-state index contributed by atoms with van der Waals surface area (Å²) in [5.74, 6) is -1.12. The number of carboxylic acids is 1. The molecule has 1 saturated heterocycles. The lowest BCUT2D eigenvalue weighted by atomic mass is 10.1. The van der Waals surface area contributed by atoms with Gasteiger partial charge in [0.25, 0.3) is 5.91 Å². The molecule has 1 aromatic heterocycles. The summed E-state index contributed by atoms with van der Waals surface area (Å²) >= 11 is 0. The number of carboxylic acid groups (broad SMARTS) is 1. The number of fused-ring (bicyclic) bond motifs is 1. The Morgan fingerprint density at radius 1 is 1.21 bits per heavy atom. The van der Waals surface area contributed by atoms with Crippen LogP contribution in [-0.4, -0.2) is 75.7 Å². The minimum Gasteiger partial charge on any atom is -0.480 e. The number of carbonyl (C=O) groups is 2. The maximum Gasteiger partial charge on any atom is 0.317 e. The Balaban J connectivity index is 1.76. The zero-order valence-electron chi connectivity index (χ0n) is 13.1. The van der Waals surface area contributed by atoms with Gasteiger partial charge in [-0.15, -0.1) is 0 Å². The normalized spacial score (nSPS) is 19.2. The van der Waals surface area contributed by atoms with E-state index in [-0.39, 0.29) is 25.5 Å². The van der Waals surface area contributed by atoms with Crippen LogP contribution in [0.1, 0.15) is 10.4 Å². The Morgan fingerprint density at radius 2 is 2.04 bits per heavy atom. The van der Waals surface area contributed by atoms with Crippen molar-refractivity contribution < 1.29 is 19.8 Å². The highest BCUT2D eigenvalue weighted by molar-refractivity contribution is 5.97. The monoisotopic (exact) mass is 329 g/mol. The lowest BCUT2D eigenvalue weighted by molar-refractivity contribution is -0.138. The smallest absolute Gasteiger partial charge is 0.317 e. The molecule has 0 spiro atoms. The Kier molecular flexibility index (Phi) is 4.73. The molecule has 3 rings (SSSR count). The highest BCUT2D eigenvalue weighted by atomic mass is 16.4. The van der Waals surface area contributed by atoms with Crippen molar-refractivity contribution in [1.82, 2.24) is 14.8 Å². The van der Waals surface area contributed by atoms with Crippen molar-refractivity contribution in [1.29, 1.82) is 0 Å². The van der Waals surface area contributed by atoms with Gasteiger partial charge in [-0.25, -0.2) is 0 Å². The molecule has 126 valence electrons. The fourth-order valence-electron chi connectivity index (χ4n) is 2.96. The van der Waals surface area contributed by atoms with E-state index in [1.54, 1.807) is 28.1 Å². The van der Waals surface area contributed by atoms with Crippen molar-refractivity contribution in [2.24, 2.45) is 0 Å². The van der Waals surface area contributed by atoms with Crippen LogP contribution in [-0.2, 0) is 4.79 Å². The Labute approximate surface area is 139 Å². The fraction of sp³-hybridized carbons (Fsp3) is 0.353. The van der Waals surface area contributed by atoms with E-state index in [1.165, 1.54) is 0 Å². The number of aliphatic carboxylic acids is 1. The van der Waals surface area contributed by atoms with Crippen molar-refractivity contribution in [3.63, 3.8) is 0 Å². The van der Waals surface area contributed by atoms with E-state index in [0.717, 1.165) is 10.9 Å². The zero-order chi connectivity index (χ0) is 17.1. The van der Waals surface area contributed by atoms with Gasteiger partial charge in [-0.2, -0.15) is 0 Å². The molecular weight excluding hydrogens is 310 g/mol. The number of hydrogen-bond donors (Lipinski definition) is 2. The van der Waals surface area contributed by atoms with E-state index in [0.29, 0.717) is 18.7 Å². The number of nitrogens with zero attached hydrogens (tertiary/aromatic N) is 3. The van der Waals surface area contributed by atoms with Gasteiger partial charge in [-0.3, -0.25) is 19.5 Å². The molecule has 0 unspecified atom stereocenters. The molecule has 0 radical (unpaired) electrons. The van der Waals surface area contributed by atoms with Crippen LogP contribution in [0, 0.1) is 0 Å². The molecule has 0 aliphatic carbocycles. The van der Waals surface area contributed by atoms with E-state index in [9.17, 15) is 14.7 Å². The lowest BCUT2D eigenvalue weighted by Crippen LogP contribution is -2.37. The molecule has 1 amide bonds. The molecule has 2 N–H and O–H groups in total. The number of β-amino-alcohol motifs (C(OH)–C–C–N with tert-alkyl or cyclic N) is 1. The third-order valence-electron chi connectivity index (χ3n) is 4.09. The summed E-state index contributed by atoms with van der Waals surface area (Å²) in [6.07, 6.45) is 0.908. The number of pyridine rings is 1. The van der Waals surface area contributed by atoms with Crippen molar-refractivity contribution >= 4 is 22.8 Å². The number of carbonyl (C=O) groups excluding carboxylic acids is 1. The molecule has 1 aromatic carbocycles. The SMILES string of the molecule is O=C(O)CN1CCN(C(=O)c2ccc3cccnc3c2)C[C@H](O)C1. The second kappa shape index (κ2) is 6.94. The first-order valence-corrected chi connectivity index (χ1v) is 7.79. The van der Waals surface area contributed by atoms with Crippen LogP contribution in [0.3, 0.4) is 0 Å². The number of aliphatic hydroxyl groups excluding tert-OH is 1. The number of amides is 1. The van der Waals surface area contributed by atoms with Crippen molar-refractivity contribution in [3.05, 3.63) is 42.1 Å². The van der Waals surface area contributed by atoms with Crippen LogP contribution in [0.5, 0.6) is 0 Å². The van der Waals surface area contributed by atoms with E-state index in [1.807, 2.05) is 18.2 Å². The Bertz CT molecular complexity index is 764. The van der Waals surface area contributed by atoms with Gasteiger partial charge in [-0.1, -0.05) is 12.1 Å². The number of benzene rings is 1. The Hall–Kier alpha value is -2.51. The molecule has 0 bridgehead atoms. The van der Waals surface area contributed by atoms with Gasteiger partial charge in [0.15, 0.2) is 0 Å². The molecular formula is C17H19N3O4. The van der Waals surface area contributed by atoms with Crippen LogP contribution in [0.2, 0.25) is 0 Å². The van der Waals surface area contributed by atoms with Crippen LogP contribution in [0.15, 0.2) is 36.5 Å². The predicted molar refractivity (Wildman–Crippen MR) is 87.7 cm³/mol. The van der Waals surface area contributed by atoms with Gasteiger partial charge < -0.3 is 15.1 Å². The summed E-state index contributed by atoms with van der Waals surface area (Å²) in [6.45, 7) is 1.09. The molecule has 2 heterocycles. The molecule has 24 heavy (non-hydrogen) atoms. The molecule has 2 aromatic rings. The molecule has 1 aliphatic heterocycles. The van der Waals surface area contributed by atoms with Gasteiger partial charge >= 0.3 is 5.97 Å². The summed E-state index contributed by atoms with van der Waals surface area (Å²) in [5, 5.41) is 19.9. The van der Waals surface area contributed by atoms with E-state index in [2.05, 4.69) is 4.98 Å². The predicted octanol–water partition coefficient (Wildman–Crippen LogP) is 0.438. The maximum absolute atomic E-state index is 12.7. The first kappa shape index (κ1) is 16.4. The van der Waals surface area contributed by atoms with Crippen molar-refractivity contribution in [2.75, 3.05) is 32.7 Å². The number of rotatable bonds is 3. The van der Waals surface area contributed by atoms with E-state index < -0.39 is 12.1 Å². The molecule has 1 fully saturated rings. The van der Waals surface area contributed by atoms with Crippen molar-refractivity contribution in [3.8, 4) is 0 Å². The van der Waals surface area contributed by atoms with Crippen LogP contribution >= 0.6 is 0 Å².